The Morgan fingerprint density at radius 3 is 2.53 bits per heavy atom. The summed E-state index contributed by atoms with van der Waals surface area (Å²) in [5, 5.41) is 32.6. The number of nitro groups is 1. The third-order valence-corrected chi connectivity index (χ3v) is 5.14. The van der Waals surface area contributed by atoms with E-state index < -0.39 is 16.6 Å². The summed E-state index contributed by atoms with van der Waals surface area (Å²) >= 11 is 3.38. The number of nitro benzene ring substituents is 1. The first-order valence-electron chi connectivity index (χ1n) is 9.76. The minimum absolute atomic E-state index is 0.0648. The quantitative estimate of drug-likeness (QED) is 0.136. The number of hydrogen-bond acceptors (Lipinski definition) is 7. The number of nitrogens with one attached hydrogen (secondary N) is 1. The van der Waals surface area contributed by atoms with E-state index in [1.807, 2.05) is 30.3 Å². The lowest BCUT2D eigenvalue weighted by molar-refractivity contribution is -0.384. The highest BCUT2D eigenvalue weighted by molar-refractivity contribution is 9.10. The van der Waals surface area contributed by atoms with Gasteiger partial charge in [-0.25, -0.2) is 0 Å². The van der Waals surface area contributed by atoms with E-state index in [1.165, 1.54) is 19.3 Å². The Hall–Kier alpha value is -4.36. The van der Waals surface area contributed by atoms with Crippen molar-refractivity contribution in [3.8, 4) is 23.3 Å². The second-order valence-corrected chi connectivity index (χ2v) is 7.82. The van der Waals surface area contributed by atoms with Crippen LogP contribution in [0.3, 0.4) is 0 Å². The molecule has 0 saturated carbocycles. The molecule has 3 aromatic carbocycles. The standard InChI is InChI=1S/C24H18BrN3O6/c1-33-22-9-4-16(11-23(22)34-14-15-2-5-18(25)6-3-15)10-17(13-26)24(30)27-20-8-7-19(28(31)32)12-21(20)29/h2-12,29H,14H2,1H3,(H,27,30)/b17-10+. The van der Waals surface area contributed by atoms with E-state index >= 15 is 0 Å². The maximum absolute atomic E-state index is 12.6. The van der Waals surface area contributed by atoms with Crippen LogP contribution in [0.1, 0.15) is 11.1 Å². The van der Waals surface area contributed by atoms with Gasteiger partial charge in [-0.1, -0.05) is 34.1 Å². The molecular formula is C24H18BrN3O6. The molecule has 0 saturated heterocycles. The summed E-state index contributed by atoms with van der Waals surface area (Å²) in [5.41, 5.74) is 0.796. The number of nitriles is 1. The molecule has 0 fully saturated rings. The number of carbonyl (C=O) groups excluding carboxylic acids is 1. The van der Waals surface area contributed by atoms with Crippen LogP contribution in [0.15, 0.2) is 70.7 Å². The maximum Gasteiger partial charge on any atom is 0.273 e. The lowest BCUT2D eigenvalue weighted by Crippen LogP contribution is -2.13. The monoisotopic (exact) mass is 523 g/mol. The van der Waals surface area contributed by atoms with Crippen LogP contribution in [0.4, 0.5) is 11.4 Å². The van der Waals surface area contributed by atoms with Crippen molar-refractivity contribution < 1.29 is 24.3 Å². The number of aromatic hydroxyl groups is 1. The maximum atomic E-state index is 12.6. The normalized spacial score (nSPS) is 10.8. The number of amides is 1. The van der Waals surface area contributed by atoms with E-state index in [1.54, 1.807) is 18.2 Å². The van der Waals surface area contributed by atoms with Crippen LogP contribution >= 0.6 is 15.9 Å². The number of non-ortho nitro benzene ring substituents is 1. The number of rotatable bonds is 8. The van der Waals surface area contributed by atoms with Crippen molar-refractivity contribution in [2.24, 2.45) is 0 Å². The third-order valence-electron chi connectivity index (χ3n) is 4.61. The van der Waals surface area contributed by atoms with Gasteiger partial charge in [-0.15, -0.1) is 0 Å². The van der Waals surface area contributed by atoms with Gasteiger partial charge >= 0.3 is 0 Å². The second-order valence-electron chi connectivity index (χ2n) is 6.91. The first kappa shape index (κ1) is 24.3. The van der Waals surface area contributed by atoms with Gasteiger partial charge in [-0.2, -0.15) is 5.26 Å². The van der Waals surface area contributed by atoms with Gasteiger partial charge in [0.05, 0.1) is 23.8 Å². The SMILES string of the molecule is COc1ccc(/C=C(\C#N)C(=O)Nc2ccc([N+](=O)[O-])cc2O)cc1OCc1ccc(Br)cc1. The average molecular weight is 524 g/mol. The van der Waals surface area contributed by atoms with Gasteiger partial charge in [0.1, 0.15) is 24.0 Å². The molecule has 0 unspecified atom stereocenters. The highest BCUT2D eigenvalue weighted by atomic mass is 79.9. The fourth-order valence-corrected chi connectivity index (χ4v) is 3.15. The van der Waals surface area contributed by atoms with Crippen molar-refractivity contribution in [3.05, 3.63) is 92.0 Å². The summed E-state index contributed by atoms with van der Waals surface area (Å²) < 4.78 is 12.2. The van der Waals surface area contributed by atoms with Gasteiger partial charge in [0.15, 0.2) is 11.5 Å². The number of benzene rings is 3. The second kappa shape index (κ2) is 11.0. The summed E-state index contributed by atoms with van der Waals surface area (Å²) in [5.74, 6) is -0.384. The molecule has 0 aliphatic heterocycles. The summed E-state index contributed by atoms with van der Waals surface area (Å²) in [6.45, 7) is 0.280. The Balaban J connectivity index is 1.80. The first-order valence-corrected chi connectivity index (χ1v) is 10.6. The minimum atomic E-state index is -0.792. The minimum Gasteiger partial charge on any atom is -0.506 e. The molecule has 0 aromatic heterocycles. The number of phenolic OH excluding ortho intramolecular Hbond substituents is 1. The molecule has 172 valence electrons. The van der Waals surface area contributed by atoms with E-state index in [-0.39, 0.29) is 23.6 Å². The van der Waals surface area contributed by atoms with Crippen LogP contribution in [0.2, 0.25) is 0 Å². The van der Waals surface area contributed by atoms with E-state index in [4.69, 9.17) is 9.47 Å². The highest BCUT2D eigenvalue weighted by Crippen LogP contribution is 2.31. The molecule has 0 heterocycles. The van der Waals surface area contributed by atoms with E-state index in [0.717, 1.165) is 22.2 Å². The summed E-state index contributed by atoms with van der Waals surface area (Å²) in [4.78, 5) is 22.7. The fraction of sp³-hybridized carbons (Fsp3) is 0.0833. The molecule has 0 atom stereocenters. The van der Waals surface area contributed by atoms with Crippen LogP contribution in [-0.4, -0.2) is 23.0 Å². The van der Waals surface area contributed by atoms with Gasteiger partial charge in [0.2, 0.25) is 0 Å². The molecule has 2 N–H and O–H groups in total. The Bertz CT molecular complexity index is 1300. The zero-order chi connectivity index (χ0) is 24.7. The average Bonchev–Trinajstić information content (AvgIpc) is 2.83. The lowest BCUT2D eigenvalue weighted by Gasteiger charge is -2.12. The Kier molecular flexibility index (Phi) is 7.84. The van der Waals surface area contributed by atoms with Gasteiger partial charge < -0.3 is 19.9 Å². The Morgan fingerprint density at radius 1 is 1.18 bits per heavy atom. The zero-order valence-corrected chi connectivity index (χ0v) is 19.4. The predicted molar refractivity (Wildman–Crippen MR) is 128 cm³/mol. The molecule has 1 amide bonds. The number of ether oxygens (including phenoxy) is 2. The van der Waals surface area contributed by atoms with Crippen molar-refractivity contribution in [3.63, 3.8) is 0 Å². The number of halogens is 1. The van der Waals surface area contributed by atoms with Gasteiger partial charge in [-0.3, -0.25) is 14.9 Å². The van der Waals surface area contributed by atoms with Crippen molar-refractivity contribution >= 4 is 39.3 Å². The summed E-state index contributed by atoms with van der Waals surface area (Å²) in [6, 6.07) is 17.6. The number of anilines is 1. The summed E-state index contributed by atoms with van der Waals surface area (Å²) in [7, 11) is 1.50. The zero-order valence-electron chi connectivity index (χ0n) is 17.8. The van der Waals surface area contributed by atoms with E-state index in [9.17, 15) is 25.3 Å². The van der Waals surface area contributed by atoms with Crippen molar-refractivity contribution in [1.82, 2.24) is 0 Å². The number of methoxy groups -OCH3 is 1. The first-order chi connectivity index (χ1) is 16.3. The van der Waals surface area contributed by atoms with Crippen LogP contribution in [0, 0.1) is 21.4 Å². The molecule has 3 aromatic rings. The number of nitrogens with zero attached hydrogens (tertiary/aromatic N) is 2. The van der Waals surface area contributed by atoms with Crippen LogP contribution in [-0.2, 0) is 11.4 Å². The molecule has 0 bridgehead atoms. The smallest absolute Gasteiger partial charge is 0.273 e. The van der Waals surface area contributed by atoms with Crippen LogP contribution in [0.5, 0.6) is 17.2 Å². The fourth-order valence-electron chi connectivity index (χ4n) is 2.88. The molecule has 3 rings (SSSR count). The molecule has 0 radical (unpaired) electrons. The van der Waals surface area contributed by atoms with E-state index in [2.05, 4.69) is 21.2 Å². The molecular weight excluding hydrogens is 506 g/mol. The van der Waals surface area contributed by atoms with Crippen LogP contribution in [0.25, 0.3) is 6.08 Å². The van der Waals surface area contributed by atoms with Gasteiger partial charge in [0, 0.05) is 10.5 Å². The number of carbonyl (C=O) groups is 1. The topological polar surface area (TPSA) is 135 Å². The van der Waals surface area contributed by atoms with Crippen LogP contribution < -0.4 is 14.8 Å². The predicted octanol–water partition coefficient (Wildman–Crippen LogP) is 5.20. The van der Waals surface area contributed by atoms with Gasteiger partial charge in [0.25, 0.3) is 11.6 Å². The van der Waals surface area contributed by atoms with E-state index in [0.29, 0.717) is 17.1 Å². The number of hydrogen-bond donors (Lipinski definition) is 2. The number of phenols is 1. The summed E-state index contributed by atoms with van der Waals surface area (Å²) in [6.07, 6.45) is 1.35. The molecule has 9 nitrogen and oxygen atoms in total. The lowest BCUT2D eigenvalue weighted by atomic mass is 10.1. The molecule has 0 aliphatic carbocycles. The molecule has 0 aliphatic rings. The largest absolute Gasteiger partial charge is 0.506 e. The van der Waals surface area contributed by atoms with Gasteiger partial charge in [-0.05, 0) is 47.5 Å². The Labute approximate surface area is 203 Å². The third kappa shape index (κ3) is 6.11. The van der Waals surface area contributed by atoms with Crippen molar-refractivity contribution in [2.45, 2.75) is 6.61 Å². The molecule has 10 heteroatoms. The van der Waals surface area contributed by atoms with Crippen molar-refractivity contribution in [2.75, 3.05) is 12.4 Å². The molecule has 0 spiro atoms. The highest BCUT2D eigenvalue weighted by Gasteiger charge is 2.15. The Morgan fingerprint density at radius 2 is 1.91 bits per heavy atom. The molecule has 34 heavy (non-hydrogen) atoms. The van der Waals surface area contributed by atoms with Crippen molar-refractivity contribution in [1.29, 1.82) is 5.26 Å².